The van der Waals surface area contributed by atoms with Gasteiger partial charge in [0.25, 0.3) is 5.91 Å². The summed E-state index contributed by atoms with van der Waals surface area (Å²) in [4.78, 5) is 11.2. The summed E-state index contributed by atoms with van der Waals surface area (Å²) in [5.74, 6) is -2.97. The first-order valence-corrected chi connectivity index (χ1v) is 7.84. The molecular formula is C14H10F2N2O4S. The molecule has 23 heavy (non-hydrogen) atoms. The first kappa shape index (κ1) is 15.2. The lowest BCUT2D eigenvalue weighted by molar-refractivity contribution is -0.117. The summed E-state index contributed by atoms with van der Waals surface area (Å²) in [5.41, 5.74) is 0.0551. The molecule has 0 unspecified atom stereocenters. The van der Waals surface area contributed by atoms with Gasteiger partial charge in [-0.3, -0.25) is 4.79 Å². The van der Waals surface area contributed by atoms with Crippen LogP contribution in [0.5, 0.6) is 5.75 Å². The van der Waals surface area contributed by atoms with Crippen molar-refractivity contribution in [2.75, 3.05) is 10.8 Å². The van der Waals surface area contributed by atoms with Gasteiger partial charge in [0, 0.05) is 0 Å². The highest BCUT2D eigenvalue weighted by atomic mass is 32.2. The van der Waals surface area contributed by atoms with Gasteiger partial charge in [-0.05, 0) is 35.4 Å². The van der Waals surface area contributed by atoms with Gasteiger partial charge in [-0.25, -0.2) is 17.8 Å². The van der Waals surface area contributed by atoms with Gasteiger partial charge >= 0.3 is 10.2 Å². The maximum absolute atomic E-state index is 14.3. The molecule has 3 rings (SSSR count). The second kappa shape index (κ2) is 5.20. The van der Waals surface area contributed by atoms with Crippen LogP contribution in [-0.2, 0) is 15.0 Å². The van der Waals surface area contributed by atoms with E-state index >= 15 is 0 Å². The first-order valence-electron chi connectivity index (χ1n) is 6.40. The van der Waals surface area contributed by atoms with Crippen LogP contribution in [0.15, 0.2) is 36.4 Å². The number of nitrogens with zero attached hydrogens (tertiary/aromatic N) is 1. The van der Waals surface area contributed by atoms with Gasteiger partial charge in [-0.1, -0.05) is 12.1 Å². The van der Waals surface area contributed by atoms with Gasteiger partial charge in [0.05, 0.1) is 0 Å². The van der Waals surface area contributed by atoms with Crippen LogP contribution in [0.1, 0.15) is 0 Å². The Kier molecular flexibility index (Phi) is 3.44. The number of rotatable bonds is 2. The van der Waals surface area contributed by atoms with Gasteiger partial charge in [-0.15, -0.1) is 0 Å². The SMILES string of the molecule is O=C1CN(c2c(O)cc(-c3ccc(F)cc3)cc2F)S(=O)(=O)N1. The molecule has 2 aromatic rings. The van der Waals surface area contributed by atoms with E-state index in [0.29, 0.717) is 9.87 Å². The Labute approximate surface area is 130 Å². The van der Waals surface area contributed by atoms with Crippen molar-refractivity contribution in [3.8, 4) is 16.9 Å². The molecule has 0 bridgehead atoms. The monoisotopic (exact) mass is 340 g/mol. The maximum atomic E-state index is 14.3. The Hall–Kier alpha value is -2.68. The number of amides is 1. The summed E-state index contributed by atoms with van der Waals surface area (Å²) in [5, 5.41) is 10.0. The van der Waals surface area contributed by atoms with Gasteiger partial charge in [0.1, 0.15) is 23.8 Å². The van der Waals surface area contributed by atoms with E-state index in [4.69, 9.17) is 0 Å². The summed E-state index contributed by atoms with van der Waals surface area (Å²) in [6, 6.07) is 7.27. The molecule has 0 aromatic heterocycles. The lowest BCUT2D eigenvalue weighted by atomic mass is 10.0. The highest BCUT2D eigenvalue weighted by Gasteiger charge is 2.37. The van der Waals surface area contributed by atoms with Gasteiger partial charge in [0.2, 0.25) is 0 Å². The van der Waals surface area contributed by atoms with Crippen LogP contribution in [0.2, 0.25) is 0 Å². The van der Waals surface area contributed by atoms with Crippen molar-refractivity contribution in [1.29, 1.82) is 0 Å². The molecule has 0 spiro atoms. The van der Waals surface area contributed by atoms with Crippen molar-refractivity contribution in [2.45, 2.75) is 0 Å². The average Bonchev–Trinajstić information content (AvgIpc) is 2.71. The fourth-order valence-corrected chi connectivity index (χ4v) is 3.46. The zero-order chi connectivity index (χ0) is 16.8. The maximum Gasteiger partial charge on any atom is 0.326 e. The van der Waals surface area contributed by atoms with E-state index in [-0.39, 0.29) is 5.56 Å². The molecule has 120 valence electrons. The minimum Gasteiger partial charge on any atom is -0.506 e. The molecule has 1 aliphatic rings. The molecule has 1 heterocycles. The molecule has 0 saturated carbocycles. The number of aromatic hydroxyl groups is 1. The number of carbonyl (C=O) groups is 1. The first-order chi connectivity index (χ1) is 10.8. The molecule has 6 nitrogen and oxygen atoms in total. The molecule has 1 saturated heterocycles. The molecule has 0 atom stereocenters. The van der Waals surface area contributed by atoms with Gasteiger partial charge in [0.15, 0.2) is 5.82 Å². The van der Waals surface area contributed by atoms with Gasteiger partial charge in [-0.2, -0.15) is 8.42 Å². The van der Waals surface area contributed by atoms with E-state index in [1.807, 2.05) is 0 Å². The van der Waals surface area contributed by atoms with Crippen LogP contribution in [-0.4, -0.2) is 26.0 Å². The Balaban J connectivity index is 2.08. The highest BCUT2D eigenvalue weighted by Crippen LogP contribution is 2.37. The normalized spacial score (nSPS) is 16.4. The Morgan fingerprint density at radius 3 is 2.26 bits per heavy atom. The largest absolute Gasteiger partial charge is 0.506 e. The highest BCUT2D eigenvalue weighted by molar-refractivity contribution is 7.92. The lowest BCUT2D eigenvalue weighted by Gasteiger charge is -2.17. The van der Waals surface area contributed by atoms with Crippen molar-refractivity contribution in [1.82, 2.24) is 4.72 Å². The standard InChI is InChI=1S/C14H10F2N2O4S/c15-10-3-1-8(2-4-10)9-5-11(16)14(12(19)6-9)18-7-13(20)17-23(18,21)22/h1-6,19H,7H2,(H,17,20). The molecule has 9 heteroatoms. The molecule has 1 amide bonds. The Morgan fingerprint density at radius 2 is 1.74 bits per heavy atom. The minimum absolute atomic E-state index is 0.236. The summed E-state index contributed by atoms with van der Waals surface area (Å²) in [6.45, 7) is -0.622. The number of hydrogen-bond acceptors (Lipinski definition) is 4. The quantitative estimate of drug-likeness (QED) is 0.868. The molecule has 2 aromatic carbocycles. The van der Waals surface area contributed by atoms with Crippen molar-refractivity contribution < 1.29 is 27.1 Å². The Bertz CT molecular complexity index is 874. The number of halogens is 2. The third-order valence-electron chi connectivity index (χ3n) is 3.29. The minimum atomic E-state index is -4.23. The third-order valence-corrected chi connectivity index (χ3v) is 4.67. The zero-order valence-corrected chi connectivity index (χ0v) is 12.3. The van der Waals surface area contributed by atoms with Crippen LogP contribution < -0.4 is 9.03 Å². The van der Waals surface area contributed by atoms with Crippen LogP contribution in [0.4, 0.5) is 14.5 Å². The second-order valence-corrected chi connectivity index (χ2v) is 6.46. The fraction of sp³-hybridized carbons (Fsp3) is 0.0714. The molecule has 0 radical (unpaired) electrons. The van der Waals surface area contributed by atoms with E-state index in [9.17, 15) is 27.1 Å². The van der Waals surface area contributed by atoms with E-state index in [1.165, 1.54) is 24.3 Å². The number of anilines is 1. The molecule has 1 fully saturated rings. The van der Waals surface area contributed by atoms with Crippen molar-refractivity contribution in [3.63, 3.8) is 0 Å². The van der Waals surface area contributed by atoms with Crippen LogP contribution in [0.3, 0.4) is 0 Å². The molecule has 1 aliphatic heterocycles. The number of phenols is 1. The predicted octanol–water partition coefficient (Wildman–Crippen LogP) is 1.52. The van der Waals surface area contributed by atoms with Crippen molar-refractivity contribution in [3.05, 3.63) is 48.0 Å². The predicted molar refractivity (Wildman–Crippen MR) is 77.9 cm³/mol. The number of benzene rings is 2. The van der Waals surface area contributed by atoms with Crippen LogP contribution >= 0.6 is 0 Å². The zero-order valence-electron chi connectivity index (χ0n) is 11.5. The smallest absolute Gasteiger partial charge is 0.326 e. The fourth-order valence-electron chi connectivity index (χ4n) is 2.29. The van der Waals surface area contributed by atoms with Crippen molar-refractivity contribution >= 4 is 21.8 Å². The number of nitrogens with one attached hydrogen (secondary N) is 1. The van der Waals surface area contributed by atoms with E-state index in [1.54, 1.807) is 4.72 Å². The summed E-state index contributed by atoms with van der Waals surface area (Å²) in [6.07, 6.45) is 0. The van der Waals surface area contributed by atoms with Crippen molar-refractivity contribution in [2.24, 2.45) is 0 Å². The topological polar surface area (TPSA) is 86.7 Å². The van der Waals surface area contributed by atoms with E-state index < -0.39 is 45.7 Å². The number of phenolic OH excluding ortho intramolecular Hbond substituents is 1. The summed E-state index contributed by atoms with van der Waals surface area (Å²) < 4.78 is 52.9. The third kappa shape index (κ3) is 2.70. The summed E-state index contributed by atoms with van der Waals surface area (Å²) in [7, 11) is -4.23. The van der Waals surface area contributed by atoms with Crippen LogP contribution in [0.25, 0.3) is 11.1 Å². The molecule has 0 aliphatic carbocycles. The van der Waals surface area contributed by atoms with Gasteiger partial charge < -0.3 is 5.11 Å². The molecular weight excluding hydrogens is 330 g/mol. The van der Waals surface area contributed by atoms with Crippen LogP contribution in [0, 0.1) is 11.6 Å². The average molecular weight is 340 g/mol. The van der Waals surface area contributed by atoms with E-state index in [2.05, 4.69) is 0 Å². The lowest BCUT2D eigenvalue weighted by Crippen LogP contribution is -2.30. The number of carbonyl (C=O) groups excluding carboxylic acids is 1. The Morgan fingerprint density at radius 1 is 1.09 bits per heavy atom. The molecule has 2 N–H and O–H groups in total. The summed E-state index contributed by atoms with van der Waals surface area (Å²) >= 11 is 0. The van der Waals surface area contributed by atoms with E-state index in [0.717, 1.165) is 12.1 Å². The second-order valence-electron chi connectivity index (χ2n) is 4.87. The number of hydrogen-bond donors (Lipinski definition) is 2.